The van der Waals surface area contributed by atoms with E-state index in [0.29, 0.717) is 0 Å². The second-order valence-corrected chi connectivity index (χ2v) is 5.01. The van der Waals surface area contributed by atoms with Crippen molar-refractivity contribution >= 4 is 21.8 Å². The average molecular weight is 320 g/mol. The first kappa shape index (κ1) is 15.1. The van der Waals surface area contributed by atoms with Gasteiger partial charge in [-0.25, -0.2) is 8.78 Å². The van der Waals surface area contributed by atoms with Crippen LogP contribution in [0.15, 0.2) is 18.2 Å². The lowest BCUT2D eigenvalue weighted by atomic mass is 10.1. The van der Waals surface area contributed by atoms with Gasteiger partial charge in [-0.15, -0.1) is 0 Å². The van der Waals surface area contributed by atoms with Crippen molar-refractivity contribution in [1.29, 1.82) is 0 Å². The van der Waals surface area contributed by atoms with Crippen LogP contribution < -0.4 is 5.32 Å². The summed E-state index contributed by atoms with van der Waals surface area (Å²) < 4.78 is 26.7. The number of hydrogen-bond acceptors (Lipinski definition) is 1. The minimum absolute atomic E-state index is 0.0493. The largest absolute Gasteiger partial charge is 0.353 e. The molecule has 2 atom stereocenters. The Morgan fingerprint density at radius 1 is 1.33 bits per heavy atom. The van der Waals surface area contributed by atoms with Crippen molar-refractivity contribution in [2.45, 2.75) is 26.3 Å². The summed E-state index contributed by atoms with van der Waals surface area (Å²) in [5.74, 6) is -1.50. The molecule has 0 aliphatic rings. The highest BCUT2D eigenvalue weighted by atomic mass is 79.9. The van der Waals surface area contributed by atoms with E-state index >= 15 is 0 Å². The molecule has 0 spiro atoms. The van der Waals surface area contributed by atoms with E-state index in [1.165, 1.54) is 6.07 Å². The van der Waals surface area contributed by atoms with Gasteiger partial charge in [0.25, 0.3) is 0 Å². The van der Waals surface area contributed by atoms with Crippen molar-refractivity contribution in [2.24, 2.45) is 5.92 Å². The van der Waals surface area contributed by atoms with Crippen LogP contribution in [0.4, 0.5) is 8.78 Å². The zero-order valence-electron chi connectivity index (χ0n) is 10.3. The molecule has 0 bridgehead atoms. The van der Waals surface area contributed by atoms with Gasteiger partial charge in [-0.3, -0.25) is 4.79 Å². The second-order valence-electron chi connectivity index (χ2n) is 4.36. The molecule has 0 saturated carbocycles. The summed E-state index contributed by atoms with van der Waals surface area (Å²) >= 11 is 3.32. The third-order valence-corrected chi connectivity index (χ3v) is 3.91. The highest BCUT2D eigenvalue weighted by Crippen LogP contribution is 2.13. The minimum atomic E-state index is -0.689. The third kappa shape index (κ3) is 4.05. The van der Waals surface area contributed by atoms with Gasteiger partial charge in [-0.05, 0) is 25.0 Å². The average Bonchev–Trinajstić information content (AvgIpc) is 2.32. The molecular weight excluding hydrogens is 304 g/mol. The highest BCUT2D eigenvalue weighted by molar-refractivity contribution is 9.09. The molecule has 0 fully saturated rings. The minimum Gasteiger partial charge on any atom is -0.353 e. The van der Waals surface area contributed by atoms with Gasteiger partial charge in [-0.1, -0.05) is 28.9 Å². The molecule has 0 heterocycles. The molecule has 18 heavy (non-hydrogen) atoms. The van der Waals surface area contributed by atoms with E-state index in [1.807, 2.05) is 13.8 Å². The lowest BCUT2D eigenvalue weighted by Gasteiger charge is -2.19. The summed E-state index contributed by atoms with van der Waals surface area (Å²) in [6.07, 6.45) is -0.280. The number of hydrogen-bond donors (Lipinski definition) is 1. The lowest BCUT2D eigenvalue weighted by molar-refractivity contribution is -0.121. The fourth-order valence-corrected chi connectivity index (χ4v) is 2.00. The zero-order valence-corrected chi connectivity index (χ0v) is 11.9. The van der Waals surface area contributed by atoms with E-state index in [4.69, 9.17) is 0 Å². The Hall–Kier alpha value is -0.970. The van der Waals surface area contributed by atoms with Crippen LogP contribution in [-0.4, -0.2) is 17.3 Å². The molecular formula is C13H16BrF2NO. The molecule has 0 radical (unpaired) electrons. The standard InChI is InChI=1S/C13H16BrF2NO/c1-8(7-14)9(2)17-13(18)6-10-11(15)4-3-5-12(10)16/h3-5,8-9H,6-7H2,1-2H3,(H,17,18). The fourth-order valence-electron chi connectivity index (χ4n) is 1.44. The van der Waals surface area contributed by atoms with Crippen LogP contribution in [0.3, 0.4) is 0 Å². The first-order valence-corrected chi connectivity index (χ1v) is 6.86. The van der Waals surface area contributed by atoms with Crippen molar-refractivity contribution in [3.63, 3.8) is 0 Å². The zero-order chi connectivity index (χ0) is 13.7. The van der Waals surface area contributed by atoms with Crippen molar-refractivity contribution in [3.8, 4) is 0 Å². The lowest BCUT2D eigenvalue weighted by Crippen LogP contribution is -2.38. The number of benzene rings is 1. The molecule has 1 rings (SSSR count). The molecule has 1 N–H and O–H groups in total. The first-order valence-electron chi connectivity index (χ1n) is 5.74. The van der Waals surface area contributed by atoms with Crippen LogP contribution in [0, 0.1) is 17.6 Å². The molecule has 1 aromatic carbocycles. The Morgan fingerprint density at radius 3 is 2.39 bits per heavy atom. The quantitative estimate of drug-likeness (QED) is 0.830. The topological polar surface area (TPSA) is 29.1 Å². The summed E-state index contributed by atoms with van der Waals surface area (Å²) in [4.78, 5) is 11.7. The molecule has 1 aromatic rings. The SMILES string of the molecule is CC(CBr)C(C)NC(=O)Cc1c(F)cccc1F. The number of halogens is 3. The van der Waals surface area contributed by atoms with Gasteiger partial charge in [0.1, 0.15) is 11.6 Å². The van der Waals surface area contributed by atoms with Gasteiger partial charge in [-0.2, -0.15) is 0 Å². The van der Waals surface area contributed by atoms with E-state index < -0.39 is 11.6 Å². The Kier molecular flexibility index (Phi) is 5.72. The molecule has 100 valence electrons. The second kappa shape index (κ2) is 6.83. The van der Waals surface area contributed by atoms with Gasteiger partial charge in [0.05, 0.1) is 6.42 Å². The first-order chi connectivity index (χ1) is 8.45. The molecule has 2 unspecified atom stereocenters. The number of carbonyl (C=O) groups is 1. The van der Waals surface area contributed by atoms with E-state index in [-0.39, 0.29) is 29.9 Å². The normalized spacial score (nSPS) is 14.1. The summed E-state index contributed by atoms with van der Waals surface area (Å²) in [5, 5.41) is 3.48. The monoisotopic (exact) mass is 319 g/mol. The number of nitrogens with one attached hydrogen (secondary N) is 1. The third-order valence-electron chi connectivity index (χ3n) is 2.88. The maximum Gasteiger partial charge on any atom is 0.224 e. The van der Waals surface area contributed by atoms with Gasteiger partial charge in [0.2, 0.25) is 5.91 Å². The maximum absolute atomic E-state index is 13.3. The Morgan fingerprint density at radius 2 is 1.89 bits per heavy atom. The Labute approximate surface area is 114 Å². The van der Waals surface area contributed by atoms with E-state index in [9.17, 15) is 13.6 Å². The van der Waals surface area contributed by atoms with Crippen LogP contribution >= 0.6 is 15.9 Å². The van der Waals surface area contributed by atoms with Crippen LogP contribution in [0.25, 0.3) is 0 Å². The summed E-state index contributed by atoms with van der Waals surface area (Å²) in [6.45, 7) is 3.84. The molecule has 0 aromatic heterocycles. The molecule has 0 aliphatic carbocycles. The fraction of sp³-hybridized carbons (Fsp3) is 0.462. The Bertz CT molecular complexity index is 405. The number of alkyl halides is 1. The van der Waals surface area contributed by atoms with Crippen molar-refractivity contribution in [3.05, 3.63) is 35.4 Å². The molecule has 0 saturated heterocycles. The predicted molar refractivity (Wildman–Crippen MR) is 70.6 cm³/mol. The Balaban J connectivity index is 2.65. The van der Waals surface area contributed by atoms with Crippen molar-refractivity contribution < 1.29 is 13.6 Å². The van der Waals surface area contributed by atoms with Crippen LogP contribution in [0.2, 0.25) is 0 Å². The smallest absolute Gasteiger partial charge is 0.224 e. The highest BCUT2D eigenvalue weighted by Gasteiger charge is 2.17. The maximum atomic E-state index is 13.3. The van der Waals surface area contributed by atoms with E-state index in [1.54, 1.807) is 0 Å². The summed E-state index contributed by atoms with van der Waals surface area (Å²) in [5.41, 5.74) is -0.186. The predicted octanol–water partition coefficient (Wildman–Crippen LogP) is 3.04. The molecule has 1 amide bonds. The van der Waals surface area contributed by atoms with Gasteiger partial charge in [0.15, 0.2) is 0 Å². The number of rotatable bonds is 5. The molecule has 0 aliphatic heterocycles. The van der Waals surface area contributed by atoms with Gasteiger partial charge >= 0.3 is 0 Å². The number of carbonyl (C=O) groups excluding carboxylic acids is 1. The summed E-state index contributed by atoms with van der Waals surface area (Å²) in [7, 11) is 0. The van der Waals surface area contributed by atoms with Crippen molar-refractivity contribution in [2.75, 3.05) is 5.33 Å². The summed E-state index contributed by atoms with van der Waals surface area (Å²) in [6, 6.07) is 3.53. The molecule has 5 heteroatoms. The van der Waals surface area contributed by atoms with Gasteiger partial charge < -0.3 is 5.32 Å². The van der Waals surface area contributed by atoms with E-state index in [0.717, 1.165) is 17.5 Å². The molecule has 2 nitrogen and oxygen atoms in total. The number of amides is 1. The van der Waals surface area contributed by atoms with Crippen LogP contribution in [-0.2, 0) is 11.2 Å². The van der Waals surface area contributed by atoms with Crippen molar-refractivity contribution in [1.82, 2.24) is 5.32 Å². The van der Waals surface area contributed by atoms with E-state index in [2.05, 4.69) is 21.2 Å². The van der Waals surface area contributed by atoms with Crippen LogP contribution in [0.1, 0.15) is 19.4 Å². The van der Waals surface area contributed by atoms with Gasteiger partial charge in [0, 0.05) is 16.9 Å². The van der Waals surface area contributed by atoms with Crippen LogP contribution in [0.5, 0.6) is 0 Å².